The van der Waals surface area contributed by atoms with E-state index in [9.17, 15) is 0 Å². The van der Waals surface area contributed by atoms with Crippen LogP contribution in [0.2, 0.25) is 0 Å². The first kappa shape index (κ1) is 22.4. The van der Waals surface area contributed by atoms with E-state index in [1.165, 1.54) is 17.9 Å². The highest BCUT2D eigenvalue weighted by Crippen LogP contribution is 2.09. The number of nitrogens with zero attached hydrogens (tertiary/aromatic N) is 2. The Hall–Kier alpha value is -0.630. The zero-order chi connectivity index (χ0) is 16.0. The summed E-state index contributed by atoms with van der Waals surface area (Å²) < 4.78 is 0. The minimum atomic E-state index is 0. The van der Waals surface area contributed by atoms with Gasteiger partial charge in [0.15, 0.2) is 5.96 Å². The third-order valence-electron chi connectivity index (χ3n) is 3.31. The highest BCUT2D eigenvalue weighted by molar-refractivity contribution is 14.0. The number of nitrogens with one attached hydrogen (secondary N) is 2. The van der Waals surface area contributed by atoms with Gasteiger partial charge in [0, 0.05) is 38.9 Å². The molecule has 1 aromatic rings. The molecule has 23 heavy (non-hydrogen) atoms. The number of benzene rings is 1. The highest BCUT2D eigenvalue weighted by Gasteiger charge is 2.01. The maximum Gasteiger partial charge on any atom is 0.191 e. The SMILES string of the molecule is CCNC(=NCCCCSC)NCCN(C)c1ccccc1.I. The lowest BCUT2D eigenvalue weighted by Gasteiger charge is -2.20. The van der Waals surface area contributed by atoms with E-state index in [0.717, 1.165) is 38.6 Å². The molecule has 0 saturated carbocycles. The quantitative estimate of drug-likeness (QED) is 0.248. The summed E-state index contributed by atoms with van der Waals surface area (Å²) in [5.41, 5.74) is 1.24. The number of thioether (sulfide) groups is 1. The molecule has 0 spiro atoms. The molecule has 4 nitrogen and oxygen atoms in total. The summed E-state index contributed by atoms with van der Waals surface area (Å²) in [5.74, 6) is 2.15. The molecule has 0 atom stereocenters. The standard InChI is InChI=1S/C17H30N4S.HI/c1-4-18-17(19-12-8-9-15-22-3)20-13-14-21(2)16-10-6-5-7-11-16;/h5-7,10-11H,4,8-9,12-15H2,1-3H3,(H2,18,19,20);1H. The number of halogens is 1. The van der Waals surface area contributed by atoms with Gasteiger partial charge in [0.1, 0.15) is 0 Å². The van der Waals surface area contributed by atoms with Crippen LogP contribution in [-0.2, 0) is 0 Å². The monoisotopic (exact) mass is 450 g/mol. The van der Waals surface area contributed by atoms with Crippen LogP contribution in [-0.4, -0.2) is 51.2 Å². The van der Waals surface area contributed by atoms with Gasteiger partial charge in [-0.05, 0) is 43.9 Å². The average molecular weight is 450 g/mol. The lowest BCUT2D eigenvalue weighted by Crippen LogP contribution is -2.41. The molecule has 0 aliphatic rings. The molecular formula is C17H31IN4S. The summed E-state index contributed by atoms with van der Waals surface area (Å²) in [6, 6.07) is 10.4. The summed E-state index contributed by atoms with van der Waals surface area (Å²) in [6.45, 7) is 5.71. The normalized spacial score (nSPS) is 10.8. The number of anilines is 1. The van der Waals surface area contributed by atoms with Gasteiger partial charge in [-0.3, -0.25) is 4.99 Å². The first-order valence-electron chi connectivity index (χ1n) is 8.05. The van der Waals surface area contributed by atoms with Crippen molar-refractivity contribution in [3.8, 4) is 0 Å². The van der Waals surface area contributed by atoms with Crippen LogP contribution in [0.1, 0.15) is 19.8 Å². The Bertz CT molecular complexity index is 414. The molecule has 0 heterocycles. The molecule has 0 amide bonds. The molecule has 1 rings (SSSR count). The van der Waals surface area contributed by atoms with Crippen molar-refractivity contribution in [1.29, 1.82) is 0 Å². The third kappa shape index (κ3) is 10.7. The van der Waals surface area contributed by atoms with Crippen molar-refractivity contribution in [2.24, 2.45) is 4.99 Å². The molecule has 0 aliphatic carbocycles. The number of hydrogen-bond acceptors (Lipinski definition) is 3. The summed E-state index contributed by atoms with van der Waals surface area (Å²) in [7, 11) is 2.11. The van der Waals surface area contributed by atoms with Gasteiger partial charge in [-0.1, -0.05) is 18.2 Å². The molecule has 2 N–H and O–H groups in total. The first-order chi connectivity index (χ1) is 10.8. The van der Waals surface area contributed by atoms with Crippen LogP contribution in [0.25, 0.3) is 0 Å². The Morgan fingerprint density at radius 2 is 1.91 bits per heavy atom. The highest BCUT2D eigenvalue weighted by atomic mass is 127. The lowest BCUT2D eigenvalue weighted by molar-refractivity contribution is 0.762. The molecule has 0 saturated heterocycles. The van der Waals surface area contributed by atoms with Crippen molar-refractivity contribution >= 4 is 47.4 Å². The van der Waals surface area contributed by atoms with Gasteiger partial charge in [-0.2, -0.15) is 11.8 Å². The van der Waals surface area contributed by atoms with Crippen LogP contribution in [0, 0.1) is 0 Å². The maximum atomic E-state index is 4.62. The number of aliphatic imine (C=N–C) groups is 1. The van der Waals surface area contributed by atoms with Gasteiger partial charge in [0.25, 0.3) is 0 Å². The third-order valence-corrected chi connectivity index (χ3v) is 4.00. The number of hydrogen-bond donors (Lipinski definition) is 2. The minimum absolute atomic E-state index is 0. The van der Waals surface area contributed by atoms with Gasteiger partial charge in [0.2, 0.25) is 0 Å². The Labute approximate surface area is 162 Å². The molecule has 1 aromatic carbocycles. The summed E-state index contributed by atoms with van der Waals surface area (Å²) in [6.07, 6.45) is 4.54. The van der Waals surface area contributed by atoms with Gasteiger partial charge >= 0.3 is 0 Å². The van der Waals surface area contributed by atoms with Crippen LogP contribution >= 0.6 is 35.7 Å². The number of unbranched alkanes of at least 4 members (excludes halogenated alkanes) is 1. The fraction of sp³-hybridized carbons (Fsp3) is 0.588. The van der Waals surface area contributed by atoms with E-state index in [1.807, 2.05) is 17.8 Å². The molecule has 0 radical (unpaired) electrons. The van der Waals surface area contributed by atoms with Crippen LogP contribution in [0.3, 0.4) is 0 Å². The van der Waals surface area contributed by atoms with E-state index in [2.05, 4.69) is 65.0 Å². The van der Waals surface area contributed by atoms with Gasteiger partial charge in [0.05, 0.1) is 0 Å². The Morgan fingerprint density at radius 3 is 2.57 bits per heavy atom. The molecule has 0 aliphatic heterocycles. The van der Waals surface area contributed by atoms with E-state index < -0.39 is 0 Å². The van der Waals surface area contributed by atoms with Crippen LogP contribution < -0.4 is 15.5 Å². The van der Waals surface area contributed by atoms with E-state index >= 15 is 0 Å². The zero-order valence-corrected chi connectivity index (χ0v) is 17.7. The second-order valence-electron chi connectivity index (χ2n) is 5.14. The van der Waals surface area contributed by atoms with Crippen molar-refractivity contribution in [3.63, 3.8) is 0 Å². The number of para-hydroxylation sites is 1. The molecule has 132 valence electrons. The van der Waals surface area contributed by atoms with Crippen LogP contribution in [0.4, 0.5) is 5.69 Å². The number of rotatable bonds is 10. The molecule has 0 fully saturated rings. The summed E-state index contributed by atoms with van der Waals surface area (Å²) in [4.78, 5) is 6.87. The largest absolute Gasteiger partial charge is 0.373 e. The van der Waals surface area contributed by atoms with Crippen LogP contribution in [0.15, 0.2) is 35.3 Å². The average Bonchev–Trinajstić information content (AvgIpc) is 2.55. The first-order valence-corrected chi connectivity index (χ1v) is 9.44. The summed E-state index contributed by atoms with van der Waals surface area (Å²) in [5, 5.41) is 6.71. The van der Waals surface area contributed by atoms with Gasteiger partial charge in [-0.15, -0.1) is 24.0 Å². The summed E-state index contributed by atoms with van der Waals surface area (Å²) >= 11 is 1.90. The zero-order valence-electron chi connectivity index (χ0n) is 14.5. The smallest absolute Gasteiger partial charge is 0.191 e. The van der Waals surface area contributed by atoms with E-state index in [-0.39, 0.29) is 24.0 Å². The van der Waals surface area contributed by atoms with Crippen LogP contribution in [0.5, 0.6) is 0 Å². The Kier molecular flexibility index (Phi) is 14.5. The second-order valence-corrected chi connectivity index (χ2v) is 6.13. The number of guanidine groups is 1. The lowest BCUT2D eigenvalue weighted by atomic mass is 10.3. The van der Waals surface area contributed by atoms with Crippen molar-refractivity contribution in [2.45, 2.75) is 19.8 Å². The van der Waals surface area contributed by atoms with Gasteiger partial charge < -0.3 is 15.5 Å². The van der Waals surface area contributed by atoms with Crippen molar-refractivity contribution < 1.29 is 0 Å². The van der Waals surface area contributed by atoms with Crippen molar-refractivity contribution in [1.82, 2.24) is 10.6 Å². The topological polar surface area (TPSA) is 39.7 Å². The van der Waals surface area contributed by atoms with E-state index in [0.29, 0.717) is 0 Å². The molecular weight excluding hydrogens is 419 g/mol. The number of likely N-dealkylation sites (N-methyl/N-ethyl adjacent to an activating group) is 1. The molecule has 6 heteroatoms. The predicted molar refractivity (Wildman–Crippen MR) is 117 cm³/mol. The van der Waals surface area contributed by atoms with E-state index in [1.54, 1.807) is 0 Å². The van der Waals surface area contributed by atoms with E-state index in [4.69, 9.17) is 0 Å². The molecule has 0 aromatic heterocycles. The fourth-order valence-electron chi connectivity index (χ4n) is 2.04. The minimum Gasteiger partial charge on any atom is -0.373 e. The Morgan fingerprint density at radius 1 is 1.17 bits per heavy atom. The van der Waals surface area contributed by atoms with Gasteiger partial charge in [-0.25, -0.2) is 0 Å². The fourth-order valence-corrected chi connectivity index (χ4v) is 2.54. The molecule has 0 unspecified atom stereocenters. The Balaban J connectivity index is 0.00000484. The van der Waals surface area contributed by atoms with Crippen molar-refractivity contribution in [3.05, 3.63) is 30.3 Å². The maximum absolute atomic E-state index is 4.62. The van der Waals surface area contributed by atoms with Crippen molar-refractivity contribution in [2.75, 3.05) is 50.1 Å². The molecule has 0 bridgehead atoms. The predicted octanol–water partition coefficient (Wildman–Crippen LogP) is 3.44. The second kappa shape index (κ2) is 14.9.